The summed E-state index contributed by atoms with van der Waals surface area (Å²) in [5.41, 5.74) is 3.91. The Balaban J connectivity index is 2.07. The number of esters is 1. The highest BCUT2D eigenvalue weighted by molar-refractivity contribution is 6.10. The molecule has 2 aromatic rings. The van der Waals surface area contributed by atoms with Crippen LogP contribution in [0.4, 0.5) is 0 Å². The summed E-state index contributed by atoms with van der Waals surface area (Å²) >= 11 is 0. The number of hydrogen-bond donors (Lipinski definition) is 0. The molecular formula is C23H24O4. The third kappa shape index (κ3) is 3.95. The minimum Gasteiger partial charge on any atom is -0.496 e. The fourth-order valence-electron chi connectivity index (χ4n) is 3.69. The lowest BCUT2D eigenvalue weighted by Gasteiger charge is -2.30. The molecule has 0 aliphatic heterocycles. The SMILES string of the molecule is CCOC(=O)C1C(=O)C=C(c2cccc(C)c2)CC1c1ccccc1OC. The zero-order chi connectivity index (χ0) is 19.4. The van der Waals surface area contributed by atoms with E-state index in [1.54, 1.807) is 20.1 Å². The molecule has 0 saturated heterocycles. The van der Waals surface area contributed by atoms with E-state index in [-0.39, 0.29) is 18.3 Å². The summed E-state index contributed by atoms with van der Waals surface area (Å²) in [5, 5.41) is 0. The molecule has 4 nitrogen and oxygen atoms in total. The van der Waals surface area contributed by atoms with Crippen molar-refractivity contribution in [3.63, 3.8) is 0 Å². The second kappa shape index (κ2) is 8.21. The number of carbonyl (C=O) groups is 2. The van der Waals surface area contributed by atoms with Gasteiger partial charge in [0.05, 0.1) is 13.7 Å². The number of ether oxygens (including phenoxy) is 2. The summed E-state index contributed by atoms with van der Waals surface area (Å²) in [6.07, 6.45) is 2.17. The van der Waals surface area contributed by atoms with Crippen molar-refractivity contribution in [1.29, 1.82) is 0 Å². The Morgan fingerprint density at radius 1 is 1.15 bits per heavy atom. The average Bonchev–Trinajstić information content (AvgIpc) is 2.67. The van der Waals surface area contributed by atoms with Crippen LogP contribution in [0.3, 0.4) is 0 Å². The number of carbonyl (C=O) groups excluding carboxylic acids is 2. The molecule has 0 heterocycles. The molecule has 1 aliphatic rings. The normalized spacial score (nSPS) is 19.4. The Hall–Kier alpha value is -2.88. The molecule has 27 heavy (non-hydrogen) atoms. The van der Waals surface area contributed by atoms with Crippen molar-refractivity contribution in [1.82, 2.24) is 0 Å². The lowest BCUT2D eigenvalue weighted by Crippen LogP contribution is -2.34. The topological polar surface area (TPSA) is 52.6 Å². The zero-order valence-corrected chi connectivity index (χ0v) is 15.9. The van der Waals surface area contributed by atoms with Crippen LogP contribution in [-0.2, 0) is 14.3 Å². The molecule has 0 spiro atoms. The Morgan fingerprint density at radius 2 is 1.93 bits per heavy atom. The summed E-state index contributed by atoms with van der Waals surface area (Å²) < 4.78 is 10.7. The van der Waals surface area contributed by atoms with E-state index in [9.17, 15) is 9.59 Å². The smallest absolute Gasteiger partial charge is 0.317 e. The van der Waals surface area contributed by atoms with Crippen LogP contribution in [0, 0.1) is 12.8 Å². The largest absolute Gasteiger partial charge is 0.496 e. The maximum absolute atomic E-state index is 12.9. The summed E-state index contributed by atoms with van der Waals surface area (Å²) in [4.78, 5) is 25.5. The quantitative estimate of drug-likeness (QED) is 0.586. The third-order valence-electron chi connectivity index (χ3n) is 4.93. The van der Waals surface area contributed by atoms with E-state index >= 15 is 0 Å². The first kappa shape index (κ1) is 18.9. The average molecular weight is 364 g/mol. The van der Waals surface area contributed by atoms with Gasteiger partial charge in [-0.25, -0.2) is 0 Å². The van der Waals surface area contributed by atoms with E-state index in [1.807, 2.05) is 49.4 Å². The molecule has 3 rings (SSSR count). The number of hydrogen-bond acceptors (Lipinski definition) is 4. The van der Waals surface area contributed by atoms with Gasteiger partial charge in [-0.2, -0.15) is 0 Å². The van der Waals surface area contributed by atoms with E-state index < -0.39 is 11.9 Å². The van der Waals surface area contributed by atoms with Gasteiger partial charge < -0.3 is 9.47 Å². The van der Waals surface area contributed by atoms with Crippen molar-refractivity contribution in [2.45, 2.75) is 26.2 Å². The first-order valence-corrected chi connectivity index (χ1v) is 9.16. The number of benzene rings is 2. The fourth-order valence-corrected chi connectivity index (χ4v) is 3.69. The molecule has 0 aromatic heterocycles. The van der Waals surface area contributed by atoms with Crippen LogP contribution in [-0.4, -0.2) is 25.5 Å². The predicted octanol–water partition coefficient (Wildman–Crippen LogP) is 4.32. The van der Waals surface area contributed by atoms with Crippen LogP contribution in [0.1, 0.15) is 36.0 Å². The molecule has 2 aromatic carbocycles. The lowest BCUT2D eigenvalue weighted by molar-refractivity contribution is -0.151. The van der Waals surface area contributed by atoms with Gasteiger partial charge in [0.2, 0.25) is 0 Å². The van der Waals surface area contributed by atoms with Crippen molar-refractivity contribution in [3.05, 3.63) is 71.3 Å². The van der Waals surface area contributed by atoms with Crippen molar-refractivity contribution >= 4 is 17.3 Å². The van der Waals surface area contributed by atoms with Crippen molar-refractivity contribution in [3.8, 4) is 5.75 Å². The van der Waals surface area contributed by atoms with E-state index in [0.29, 0.717) is 12.2 Å². The Kier molecular flexibility index (Phi) is 5.75. The monoisotopic (exact) mass is 364 g/mol. The van der Waals surface area contributed by atoms with Gasteiger partial charge in [-0.3, -0.25) is 9.59 Å². The van der Waals surface area contributed by atoms with Crippen molar-refractivity contribution in [2.24, 2.45) is 5.92 Å². The standard InChI is InChI=1S/C23H24O4/c1-4-27-23(25)22-19(18-10-5-6-11-21(18)26-3)13-17(14-20(22)24)16-9-7-8-15(2)12-16/h5-12,14,19,22H,4,13H2,1-3H3. The summed E-state index contributed by atoms with van der Waals surface area (Å²) in [6, 6.07) is 15.6. The number of para-hydroxylation sites is 1. The first-order valence-electron chi connectivity index (χ1n) is 9.16. The minimum absolute atomic E-state index is 0.216. The van der Waals surface area contributed by atoms with Gasteiger partial charge in [-0.05, 0) is 49.1 Å². The highest BCUT2D eigenvalue weighted by Gasteiger charge is 2.40. The molecule has 0 bridgehead atoms. The van der Waals surface area contributed by atoms with Gasteiger partial charge in [0.1, 0.15) is 11.7 Å². The summed E-state index contributed by atoms with van der Waals surface area (Å²) in [5.74, 6) is -1.19. The summed E-state index contributed by atoms with van der Waals surface area (Å²) in [6.45, 7) is 4.01. The Morgan fingerprint density at radius 3 is 2.63 bits per heavy atom. The molecule has 0 radical (unpaired) electrons. The maximum atomic E-state index is 12.9. The predicted molar refractivity (Wildman–Crippen MR) is 105 cm³/mol. The molecular weight excluding hydrogens is 340 g/mol. The van der Waals surface area contributed by atoms with Crippen LogP contribution in [0.5, 0.6) is 5.75 Å². The number of aryl methyl sites for hydroxylation is 1. The molecule has 0 saturated carbocycles. The van der Waals surface area contributed by atoms with Crippen molar-refractivity contribution < 1.29 is 19.1 Å². The third-order valence-corrected chi connectivity index (χ3v) is 4.93. The highest BCUT2D eigenvalue weighted by Crippen LogP contribution is 2.43. The molecule has 0 N–H and O–H groups in total. The van der Waals surface area contributed by atoms with Gasteiger partial charge in [0, 0.05) is 5.92 Å². The fraction of sp³-hybridized carbons (Fsp3) is 0.304. The number of rotatable bonds is 5. The van der Waals surface area contributed by atoms with E-state index in [1.165, 1.54) is 0 Å². The van der Waals surface area contributed by atoms with E-state index in [0.717, 1.165) is 22.3 Å². The second-order valence-corrected chi connectivity index (χ2v) is 6.72. The number of methoxy groups -OCH3 is 1. The lowest BCUT2D eigenvalue weighted by atomic mass is 9.73. The molecule has 140 valence electrons. The minimum atomic E-state index is -0.852. The molecule has 4 heteroatoms. The number of ketones is 1. The Labute approximate surface area is 159 Å². The van der Waals surface area contributed by atoms with Crippen LogP contribution < -0.4 is 4.74 Å². The zero-order valence-electron chi connectivity index (χ0n) is 15.9. The highest BCUT2D eigenvalue weighted by atomic mass is 16.5. The molecule has 1 aliphatic carbocycles. The molecule has 2 atom stereocenters. The van der Waals surface area contributed by atoms with Crippen LogP contribution >= 0.6 is 0 Å². The van der Waals surface area contributed by atoms with Crippen LogP contribution in [0.2, 0.25) is 0 Å². The van der Waals surface area contributed by atoms with E-state index in [2.05, 4.69) is 6.07 Å². The van der Waals surface area contributed by atoms with Gasteiger partial charge in [-0.15, -0.1) is 0 Å². The second-order valence-electron chi connectivity index (χ2n) is 6.72. The summed E-state index contributed by atoms with van der Waals surface area (Å²) in [7, 11) is 1.60. The molecule has 0 amide bonds. The van der Waals surface area contributed by atoms with E-state index in [4.69, 9.17) is 9.47 Å². The van der Waals surface area contributed by atoms with Gasteiger partial charge >= 0.3 is 5.97 Å². The van der Waals surface area contributed by atoms with Gasteiger partial charge in [0.15, 0.2) is 5.78 Å². The maximum Gasteiger partial charge on any atom is 0.317 e. The van der Waals surface area contributed by atoms with Gasteiger partial charge in [-0.1, -0.05) is 48.0 Å². The molecule has 0 fully saturated rings. The van der Waals surface area contributed by atoms with Crippen molar-refractivity contribution in [2.75, 3.05) is 13.7 Å². The Bertz CT molecular complexity index is 881. The van der Waals surface area contributed by atoms with Crippen LogP contribution in [0.25, 0.3) is 5.57 Å². The first-order chi connectivity index (χ1) is 13.0. The van der Waals surface area contributed by atoms with Gasteiger partial charge in [0.25, 0.3) is 0 Å². The molecule has 2 unspecified atom stereocenters. The number of allylic oxidation sites excluding steroid dienone is 2. The van der Waals surface area contributed by atoms with Crippen LogP contribution in [0.15, 0.2) is 54.6 Å².